The summed E-state index contributed by atoms with van der Waals surface area (Å²) in [5, 5.41) is 2.80. The summed E-state index contributed by atoms with van der Waals surface area (Å²) in [6, 6.07) is 14.0. The summed E-state index contributed by atoms with van der Waals surface area (Å²) in [5.41, 5.74) is 0.535. The van der Waals surface area contributed by atoms with Crippen LogP contribution in [0.5, 0.6) is 0 Å². The predicted octanol–water partition coefficient (Wildman–Crippen LogP) is 2.32. The van der Waals surface area contributed by atoms with Gasteiger partial charge in [-0.05, 0) is 24.3 Å². The highest BCUT2D eigenvalue weighted by Gasteiger charge is 2.30. The van der Waals surface area contributed by atoms with Crippen molar-refractivity contribution in [1.82, 2.24) is 5.32 Å². The van der Waals surface area contributed by atoms with Crippen molar-refractivity contribution in [3.8, 4) is 0 Å². The van der Waals surface area contributed by atoms with Crippen LogP contribution in [0.2, 0.25) is 0 Å². The van der Waals surface area contributed by atoms with Gasteiger partial charge in [0.15, 0.2) is 0 Å². The molecule has 0 fully saturated rings. The average molecular weight is 337 g/mol. The molecule has 24 heavy (non-hydrogen) atoms. The summed E-state index contributed by atoms with van der Waals surface area (Å²) in [6.45, 7) is 0.395. The number of benzene rings is 2. The standard InChI is InChI=1S/C18H19F3N2O/c1-23(2)16(13-6-4-3-5-7-13)12-22-17(24)14-8-10-15(11-9-14)18(19,20)21/h3-11,16H,12H2,1-2H3,(H,22,24)/p+1/t16-/m1/s1. The van der Waals surface area contributed by atoms with Crippen LogP contribution >= 0.6 is 0 Å². The molecule has 2 aromatic rings. The Balaban J connectivity index is 2.03. The Morgan fingerprint density at radius 1 is 1.04 bits per heavy atom. The molecule has 0 aliphatic heterocycles. The maximum atomic E-state index is 12.5. The summed E-state index contributed by atoms with van der Waals surface area (Å²) in [7, 11) is 3.98. The number of likely N-dealkylation sites (N-methyl/N-ethyl adjacent to an activating group) is 1. The molecule has 0 bridgehead atoms. The van der Waals surface area contributed by atoms with Gasteiger partial charge in [-0.15, -0.1) is 0 Å². The lowest BCUT2D eigenvalue weighted by atomic mass is 10.1. The maximum Gasteiger partial charge on any atom is 0.416 e. The second-order valence-corrected chi connectivity index (χ2v) is 5.83. The van der Waals surface area contributed by atoms with Crippen LogP contribution in [-0.2, 0) is 6.18 Å². The molecule has 1 atom stereocenters. The van der Waals surface area contributed by atoms with E-state index < -0.39 is 11.7 Å². The van der Waals surface area contributed by atoms with Crippen molar-refractivity contribution in [2.75, 3.05) is 20.6 Å². The summed E-state index contributed by atoms with van der Waals surface area (Å²) < 4.78 is 37.6. The zero-order chi connectivity index (χ0) is 17.7. The number of hydrogen-bond donors (Lipinski definition) is 2. The van der Waals surface area contributed by atoms with E-state index in [1.54, 1.807) is 0 Å². The van der Waals surface area contributed by atoms with Crippen LogP contribution in [-0.4, -0.2) is 26.5 Å². The Kier molecular flexibility index (Phi) is 5.62. The van der Waals surface area contributed by atoms with Gasteiger partial charge in [0.25, 0.3) is 5.91 Å². The predicted molar refractivity (Wildman–Crippen MR) is 85.8 cm³/mol. The highest BCUT2D eigenvalue weighted by Crippen LogP contribution is 2.29. The first-order valence-electron chi connectivity index (χ1n) is 7.59. The van der Waals surface area contributed by atoms with Gasteiger partial charge >= 0.3 is 6.18 Å². The quantitative estimate of drug-likeness (QED) is 0.863. The number of nitrogens with one attached hydrogen (secondary N) is 2. The van der Waals surface area contributed by atoms with Gasteiger partial charge in [-0.1, -0.05) is 30.3 Å². The molecule has 0 aromatic heterocycles. The molecule has 3 nitrogen and oxygen atoms in total. The Morgan fingerprint density at radius 2 is 1.62 bits per heavy atom. The molecule has 0 aliphatic rings. The highest BCUT2D eigenvalue weighted by molar-refractivity contribution is 5.94. The largest absolute Gasteiger partial charge is 0.416 e. The number of carbonyl (C=O) groups excluding carboxylic acids is 1. The fourth-order valence-corrected chi connectivity index (χ4v) is 2.45. The third-order valence-corrected chi connectivity index (χ3v) is 3.84. The molecule has 128 valence electrons. The number of halogens is 3. The molecular formula is C18H20F3N2O+. The van der Waals surface area contributed by atoms with Crippen molar-refractivity contribution in [3.63, 3.8) is 0 Å². The van der Waals surface area contributed by atoms with Gasteiger partial charge in [-0.3, -0.25) is 4.79 Å². The summed E-state index contributed by atoms with van der Waals surface area (Å²) in [6.07, 6.45) is -4.40. The highest BCUT2D eigenvalue weighted by atomic mass is 19.4. The molecule has 0 radical (unpaired) electrons. The molecule has 0 saturated carbocycles. The summed E-state index contributed by atoms with van der Waals surface area (Å²) in [5.74, 6) is -0.383. The molecule has 1 amide bonds. The van der Waals surface area contributed by atoms with E-state index in [0.29, 0.717) is 6.54 Å². The number of carbonyl (C=O) groups is 1. The molecule has 0 saturated heterocycles. The average Bonchev–Trinajstić information content (AvgIpc) is 2.55. The zero-order valence-corrected chi connectivity index (χ0v) is 13.5. The smallest absolute Gasteiger partial charge is 0.346 e. The van der Waals surface area contributed by atoms with Gasteiger partial charge in [0.2, 0.25) is 0 Å². The van der Waals surface area contributed by atoms with Crippen LogP contribution in [0.3, 0.4) is 0 Å². The summed E-state index contributed by atoms with van der Waals surface area (Å²) in [4.78, 5) is 13.3. The Hall–Kier alpha value is -2.34. The monoisotopic (exact) mass is 337 g/mol. The van der Waals surface area contributed by atoms with Crippen LogP contribution in [0.4, 0.5) is 13.2 Å². The number of quaternary nitrogens is 1. The first-order chi connectivity index (χ1) is 11.3. The SMILES string of the molecule is C[NH+](C)[C@H](CNC(=O)c1ccc(C(F)(F)F)cc1)c1ccccc1. The second kappa shape index (κ2) is 7.49. The van der Waals surface area contributed by atoms with E-state index in [4.69, 9.17) is 0 Å². The van der Waals surface area contributed by atoms with Crippen LogP contribution < -0.4 is 10.2 Å². The van der Waals surface area contributed by atoms with Crippen molar-refractivity contribution in [2.24, 2.45) is 0 Å². The number of amides is 1. The normalized spacial score (nSPS) is 12.9. The van der Waals surface area contributed by atoms with E-state index in [-0.39, 0.29) is 17.5 Å². The van der Waals surface area contributed by atoms with Crippen LogP contribution in [0.25, 0.3) is 0 Å². The fourth-order valence-electron chi connectivity index (χ4n) is 2.45. The Bertz CT molecular complexity index is 667. The van der Waals surface area contributed by atoms with Gasteiger partial charge in [0.05, 0.1) is 26.2 Å². The maximum absolute atomic E-state index is 12.5. The lowest BCUT2D eigenvalue weighted by molar-refractivity contribution is -0.890. The van der Waals surface area contributed by atoms with Gasteiger partial charge < -0.3 is 10.2 Å². The third-order valence-electron chi connectivity index (χ3n) is 3.84. The molecule has 0 aliphatic carbocycles. The van der Waals surface area contributed by atoms with Crippen LogP contribution in [0.1, 0.15) is 27.5 Å². The van der Waals surface area contributed by atoms with E-state index in [1.807, 2.05) is 44.4 Å². The number of alkyl halides is 3. The second-order valence-electron chi connectivity index (χ2n) is 5.83. The minimum atomic E-state index is -4.40. The van der Waals surface area contributed by atoms with Crippen molar-refractivity contribution in [1.29, 1.82) is 0 Å². The van der Waals surface area contributed by atoms with Crippen molar-refractivity contribution in [2.45, 2.75) is 12.2 Å². The first kappa shape index (κ1) is 18.0. The minimum Gasteiger partial charge on any atom is -0.346 e. The van der Waals surface area contributed by atoms with Crippen LogP contribution in [0.15, 0.2) is 54.6 Å². The number of rotatable bonds is 5. The van der Waals surface area contributed by atoms with E-state index >= 15 is 0 Å². The Labute approximate surface area is 139 Å². The van der Waals surface area contributed by atoms with Crippen molar-refractivity contribution < 1.29 is 22.9 Å². The van der Waals surface area contributed by atoms with Gasteiger partial charge in [-0.25, -0.2) is 0 Å². The lowest BCUT2D eigenvalue weighted by Crippen LogP contribution is -3.07. The van der Waals surface area contributed by atoms with Crippen molar-refractivity contribution in [3.05, 3.63) is 71.3 Å². The fraction of sp³-hybridized carbons (Fsp3) is 0.278. The summed E-state index contributed by atoms with van der Waals surface area (Å²) >= 11 is 0. The molecular weight excluding hydrogens is 317 g/mol. The molecule has 0 spiro atoms. The van der Waals surface area contributed by atoms with Gasteiger partial charge in [0, 0.05) is 11.1 Å². The zero-order valence-electron chi connectivity index (χ0n) is 13.5. The third kappa shape index (κ3) is 4.58. The molecule has 0 heterocycles. The first-order valence-corrected chi connectivity index (χ1v) is 7.59. The molecule has 0 unspecified atom stereocenters. The molecule has 6 heteroatoms. The van der Waals surface area contributed by atoms with E-state index in [1.165, 1.54) is 12.1 Å². The lowest BCUT2D eigenvalue weighted by Gasteiger charge is -2.22. The van der Waals surface area contributed by atoms with E-state index in [9.17, 15) is 18.0 Å². The Morgan fingerprint density at radius 3 is 2.12 bits per heavy atom. The van der Waals surface area contributed by atoms with Gasteiger partial charge in [0.1, 0.15) is 6.04 Å². The topological polar surface area (TPSA) is 33.5 Å². The van der Waals surface area contributed by atoms with E-state index in [2.05, 4.69) is 5.32 Å². The molecule has 2 aromatic carbocycles. The number of hydrogen-bond acceptors (Lipinski definition) is 1. The molecule has 2 N–H and O–H groups in total. The van der Waals surface area contributed by atoms with Crippen molar-refractivity contribution >= 4 is 5.91 Å². The van der Waals surface area contributed by atoms with Crippen LogP contribution in [0, 0.1) is 0 Å². The van der Waals surface area contributed by atoms with Gasteiger partial charge in [-0.2, -0.15) is 13.2 Å². The van der Waals surface area contributed by atoms with E-state index in [0.717, 1.165) is 22.6 Å². The minimum absolute atomic E-state index is 0.0598. The molecule has 2 rings (SSSR count).